The van der Waals surface area contributed by atoms with Crippen molar-refractivity contribution in [3.05, 3.63) is 28.8 Å². The van der Waals surface area contributed by atoms with E-state index in [0.29, 0.717) is 17.3 Å². The fourth-order valence-corrected chi connectivity index (χ4v) is 2.84. The molecule has 108 valence electrons. The molecule has 0 aliphatic rings. The van der Waals surface area contributed by atoms with Crippen LogP contribution in [0.4, 0.5) is 5.69 Å². The van der Waals surface area contributed by atoms with Crippen LogP contribution in [0.5, 0.6) is 0 Å². The molecule has 0 aliphatic heterocycles. The minimum atomic E-state index is -3.56. The third-order valence-electron chi connectivity index (χ3n) is 2.67. The Morgan fingerprint density at radius 1 is 1.37 bits per heavy atom. The first-order chi connectivity index (χ1) is 8.86. The van der Waals surface area contributed by atoms with Gasteiger partial charge in [0, 0.05) is 13.6 Å². The first-order valence-electron chi connectivity index (χ1n) is 6.01. The number of nitrogens with one attached hydrogen (secondary N) is 2. The van der Waals surface area contributed by atoms with Crippen LogP contribution < -0.4 is 10.0 Å². The maximum atomic E-state index is 12.1. The minimum Gasteiger partial charge on any atom is -0.320 e. The van der Waals surface area contributed by atoms with Gasteiger partial charge in [-0.2, -0.15) is 12.7 Å². The number of anilines is 1. The lowest BCUT2D eigenvalue weighted by atomic mass is 10.2. The van der Waals surface area contributed by atoms with Gasteiger partial charge in [0.25, 0.3) is 0 Å². The summed E-state index contributed by atoms with van der Waals surface area (Å²) in [6.07, 6.45) is 0.746. The predicted octanol–water partition coefficient (Wildman–Crippen LogP) is 1.85. The van der Waals surface area contributed by atoms with Crippen LogP contribution in [-0.4, -0.2) is 39.9 Å². The summed E-state index contributed by atoms with van der Waals surface area (Å²) in [5, 5.41) is 3.37. The first kappa shape index (κ1) is 16.2. The molecule has 1 rings (SSSR count). The van der Waals surface area contributed by atoms with Crippen molar-refractivity contribution in [2.24, 2.45) is 0 Å². The number of hydrogen-bond donors (Lipinski definition) is 2. The van der Waals surface area contributed by atoms with Gasteiger partial charge < -0.3 is 5.32 Å². The fraction of sp³-hybridized carbons (Fsp3) is 0.500. The summed E-state index contributed by atoms with van der Waals surface area (Å²) in [7, 11) is -0.184. The van der Waals surface area contributed by atoms with E-state index >= 15 is 0 Å². The predicted molar refractivity (Wildman–Crippen MR) is 79.9 cm³/mol. The van der Waals surface area contributed by atoms with Crippen molar-refractivity contribution >= 4 is 27.5 Å². The Kier molecular flexibility index (Phi) is 6.06. The van der Waals surface area contributed by atoms with Crippen LogP contribution in [0.3, 0.4) is 0 Å². The van der Waals surface area contributed by atoms with E-state index in [1.54, 1.807) is 19.2 Å². The molecular weight excluding hydrogens is 286 g/mol. The lowest BCUT2D eigenvalue weighted by Crippen LogP contribution is -2.34. The van der Waals surface area contributed by atoms with Crippen molar-refractivity contribution in [2.75, 3.05) is 31.9 Å². The van der Waals surface area contributed by atoms with Gasteiger partial charge in [-0.1, -0.05) is 17.7 Å². The second-order valence-corrected chi connectivity index (χ2v) is 6.55. The Hall–Kier alpha value is -0.820. The maximum absolute atomic E-state index is 12.1. The number of hydrogen-bond acceptors (Lipinski definition) is 3. The summed E-state index contributed by atoms with van der Waals surface area (Å²) >= 11 is 6.01. The van der Waals surface area contributed by atoms with E-state index in [2.05, 4.69) is 10.0 Å². The van der Waals surface area contributed by atoms with Crippen molar-refractivity contribution in [3.63, 3.8) is 0 Å². The lowest BCUT2D eigenvalue weighted by molar-refractivity contribution is 0.462. The van der Waals surface area contributed by atoms with Crippen molar-refractivity contribution in [3.8, 4) is 0 Å². The number of benzene rings is 1. The molecule has 1 aromatic carbocycles. The molecular formula is C12H20ClN3O2S. The zero-order chi connectivity index (χ0) is 14.5. The molecule has 1 aromatic rings. The molecule has 0 heterocycles. The van der Waals surface area contributed by atoms with Crippen molar-refractivity contribution in [1.82, 2.24) is 9.62 Å². The quantitative estimate of drug-likeness (QED) is 0.756. The average Bonchev–Trinajstić information content (AvgIpc) is 2.33. The van der Waals surface area contributed by atoms with Gasteiger partial charge in [0.05, 0.1) is 10.7 Å². The highest BCUT2D eigenvalue weighted by Gasteiger charge is 2.18. The normalized spacial score (nSPS) is 11.8. The van der Waals surface area contributed by atoms with Gasteiger partial charge in [0.1, 0.15) is 0 Å². The molecule has 0 aromatic heterocycles. The Morgan fingerprint density at radius 2 is 2.05 bits per heavy atom. The highest BCUT2D eigenvalue weighted by atomic mass is 35.5. The minimum absolute atomic E-state index is 0.396. The molecule has 0 fully saturated rings. The van der Waals surface area contributed by atoms with E-state index in [1.165, 1.54) is 4.31 Å². The summed E-state index contributed by atoms with van der Waals surface area (Å²) in [6, 6.07) is 5.20. The van der Waals surface area contributed by atoms with E-state index in [1.807, 2.05) is 20.0 Å². The molecule has 0 radical (unpaired) electrons. The Labute approximate surface area is 120 Å². The maximum Gasteiger partial charge on any atom is 0.301 e. The van der Waals surface area contributed by atoms with Gasteiger partial charge in [-0.15, -0.1) is 0 Å². The second-order valence-electron chi connectivity index (χ2n) is 4.37. The van der Waals surface area contributed by atoms with Crippen LogP contribution >= 0.6 is 11.6 Å². The van der Waals surface area contributed by atoms with Crippen LogP contribution in [-0.2, 0) is 10.2 Å². The zero-order valence-electron chi connectivity index (χ0n) is 11.4. The molecule has 7 heteroatoms. The van der Waals surface area contributed by atoms with Crippen LogP contribution in [0, 0.1) is 6.92 Å². The van der Waals surface area contributed by atoms with E-state index in [4.69, 9.17) is 11.6 Å². The molecule has 19 heavy (non-hydrogen) atoms. The Morgan fingerprint density at radius 3 is 2.63 bits per heavy atom. The summed E-state index contributed by atoms with van der Waals surface area (Å²) < 4.78 is 27.9. The van der Waals surface area contributed by atoms with Crippen molar-refractivity contribution in [2.45, 2.75) is 13.3 Å². The SMILES string of the molecule is CNCCCN(C)S(=O)(=O)Nc1ccc(C)cc1Cl. The third kappa shape index (κ3) is 4.99. The van der Waals surface area contributed by atoms with E-state index in [9.17, 15) is 8.42 Å². The topological polar surface area (TPSA) is 61.4 Å². The monoisotopic (exact) mass is 305 g/mol. The molecule has 0 unspecified atom stereocenters. The second kappa shape index (κ2) is 7.09. The molecule has 0 atom stereocenters. The molecule has 0 saturated heterocycles. The summed E-state index contributed by atoms with van der Waals surface area (Å²) in [5.74, 6) is 0. The van der Waals surface area contributed by atoms with E-state index in [0.717, 1.165) is 18.5 Å². The molecule has 2 N–H and O–H groups in total. The Balaban J connectivity index is 2.73. The van der Waals surface area contributed by atoms with E-state index < -0.39 is 10.2 Å². The van der Waals surface area contributed by atoms with Gasteiger partial charge in [-0.05, 0) is 44.6 Å². The number of rotatable bonds is 7. The highest BCUT2D eigenvalue weighted by molar-refractivity contribution is 7.90. The van der Waals surface area contributed by atoms with Crippen molar-refractivity contribution in [1.29, 1.82) is 0 Å². The molecule has 0 spiro atoms. The molecule has 0 bridgehead atoms. The highest BCUT2D eigenvalue weighted by Crippen LogP contribution is 2.24. The zero-order valence-corrected chi connectivity index (χ0v) is 13.0. The molecule has 0 amide bonds. The summed E-state index contributed by atoms with van der Waals surface area (Å²) in [4.78, 5) is 0. The average molecular weight is 306 g/mol. The molecule has 5 nitrogen and oxygen atoms in total. The van der Waals surface area contributed by atoms with E-state index in [-0.39, 0.29) is 0 Å². The van der Waals surface area contributed by atoms with Crippen LogP contribution in [0.25, 0.3) is 0 Å². The van der Waals surface area contributed by atoms with Gasteiger partial charge >= 0.3 is 10.2 Å². The van der Waals surface area contributed by atoms with Gasteiger partial charge in [0.15, 0.2) is 0 Å². The number of nitrogens with zero attached hydrogens (tertiary/aromatic N) is 1. The van der Waals surface area contributed by atoms with Crippen LogP contribution in [0.15, 0.2) is 18.2 Å². The smallest absolute Gasteiger partial charge is 0.301 e. The Bertz CT molecular complexity index is 520. The van der Waals surface area contributed by atoms with Crippen LogP contribution in [0.2, 0.25) is 5.02 Å². The first-order valence-corrected chi connectivity index (χ1v) is 7.83. The number of aryl methyl sites for hydroxylation is 1. The van der Waals surface area contributed by atoms with Crippen molar-refractivity contribution < 1.29 is 8.42 Å². The largest absolute Gasteiger partial charge is 0.320 e. The fourth-order valence-electron chi connectivity index (χ4n) is 1.52. The molecule has 0 saturated carbocycles. The summed E-state index contributed by atoms with van der Waals surface area (Å²) in [6.45, 7) is 3.11. The summed E-state index contributed by atoms with van der Waals surface area (Å²) in [5.41, 5.74) is 1.38. The standard InChI is InChI=1S/C12H20ClN3O2S/c1-10-5-6-12(11(13)9-10)15-19(17,18)16(3)8-4-7-14-2/h5-6,9,14-15H,4,7-8H2,1-3H3. The van der Waals surface area contributed by atoms with Gasteiger partial charge in [-0.3, -0.25) is 4.72 Å². The van der Waals surface area contributed by atoms with Gasteiger partial charge in [-0.25, -0.2) is 0 Å². The molecule has 0 aliphatic carbocycles. The van der Waals surface area contributed by atoms with Crippen LogP contribution in [0.1, 0.15) is 12.0 Å². The lowest BCUT2D eigenvalue weighted by Gasteiger charge is -2.18. The third-order valence-corrected chi connectivity index (χ3v) is 4.47. The number of halogens is 1. The van der Waals surface area contributed by atoms with Gasteiger partial charge in [0.2, 0.25) is 0 Å².